The van der Waals surface area contributed by atoms with Crippen LogP contribution in [0.2, 0.25) is 0 Å². The number of ether oxygens (including phenoxy) is 1. The van der Waals surface area contributed by atoms with Gasteiger partial charge in [-0.05, 0) is 43.7 Å². The number of anilines is 1. The zero-order chi connectivity index (χ0) is 18.0. The maximum Gasteiger partial charge on any atom is 0.271 e. The normalized spacial score (nSPS) is 11.5. The average molecular weight is 377 g/mol. The first kappa shape index (κ1) is 17.5. The van der Waals surface area contributed by atoms with Gasteiger partial charge < -0.3 is 4.74 Å². The number of hydrogen-bond acceptors (Lipinski definition) is 5. The van der Waals surface area contributed by atoms with Crippen molar-refractivity contribution in [2.24, 2.45) is 0 Å². The van der Waals surface area contributed by atoms with Gasteiger partial charge in [-0.3, -0.25) is 9.40 Å². The van der Waals surface area contributed by atoms with E-state index in [-0.39, 0.29) is 4.21 Å². The maximum atomic E-state index is 12.7. The van der Waals surface area contributed by atoms with Gasteiger partial charge in [-0.25, -0.2) is 8.42 Å². The highest BCUT2D eigenvalue weighted by Gasteiger charge is 2.20. The largest absolute Gasteiger partial charge is 0.495 e. The van der Waals surface area contributed by atoms with Crippen molar-refractivity contribution in [2.75, 3.05) is 11.8 Å². The highest BCUT2D eigenvalue weighted by atomic mass is 32.2. The summed E-state index contributed by atoms with van der Waals surface area (Å²) < 4.78 is 35.4. The lowest BCUT2D eigenvalue weighted by Gasteiger charge is -2.11. The first-order chi connectivity index (χ1) is 11.9. The van der Waals surface area contributed by atoms with E-state index >= 15 is 0 Å². The Kier molecular flexibility index (Phi) is 4.82. The monoisotopic (exact) mass is 377 g/mol. The number of sulfonamides is 1. The molecule has 0 fully saturated rings. The standard InChI is InChI=1S/C17H19N3O3S2/c1-4-20-15(7-8-18-20)13-10-17(24-11-13)25(21,22)19-14-9-12(2)5-6-16(14)23-3/h5-11,19H,4H2,1-3H3. The summed E-state index contributed by atoms with van der Waals surface area (Å²) >= 11 is 1.18. The van der Waals surface area contributed by atoms with Crippen LogP contribution in [0.1, 0.15) is 12.5 Å². The van der Waals surface area contributed by atoms with Gasteiger partial charge in [0.1, 0.15) is 9.96 Å². The molecule has 25 heavy (non-hydrogen) atoms. The number of hydrogen-bond donors (Lipinski definition) is 1. The molecule has 0 spiro atoms. The predicted octanol–water partition coefficient (Wildman–Crippen LogP) is 3.75. The molecule has 0 unspecified atom stereocenters. The molecule has 0 bridgehead atoms. The Bertz CT molecular complexity index is 990. The molecule has 3 rings (SSSR count). The summed E-state index contributed by atoms with van der Waals surface area (Å²) in [7, 11) is -2.18. The van der Waals surface area contributed by atoms with Crippen LogP contribution in [0.5, 0.6) is 5.75 Å². The van der Waals surface area contributed by atoms with Gasteiger partial charge in [0.15, 0.2) is 0 Å². The van der Waals surface area contributed by atoms with Gasteiger partial charge >= 0.3 is 0 Å². The van der Waals surface area contributed by atoms with Crippen molar-refractivity contribution >= 4 is 27.0 Å². The number of aryl methyl sites for hydroxylation is 2. The van der Waals surface area contributed by atoms with Crippen LogP contribution in [0.25, 0.3) is 11.3 Å². The quantitative estimate of drug-likeness (QED) is 0.710. The van der Waals surface area contributed by atoms with Gasteiger partial charge in [-0.1, -0.05) is 6.07 Å². The van der Waals surface area contributed by atoms with E-state index in [1.165, 1.54) is 18.4 Å². The van der Waals surface area contributed by atoms with E-state index in [1.54, 1.807) is 24.4 Å². The molecule has 132 valence electrons. The van der Waals surface area contributed by atoms with Gasteiger partial charge in [0, 0.05) is 23.7 Å². The van der Waals surface area contributed by atoms with Crippen molar-refractivity contribution in [1.29, 1.82) is 0 Å². The molecular weight excluding hydrogens is 358 g/mol. The molecule has 0 aliphatic carbocycles. The fourth-order valence-electron chi connectivity index (χ4n) is 2.52. The molecule has 8 heteroatoms. The van der Waals surface area contributed by atoms with Crippen molar-refractivity contribution < 1.29 is 13.2 Å². The average Bonchev–Trinajstić information content (AvgIpc) is 3.23. The van der Waals surface area contributed by atoms with E-state index in [9.17, 15) is 8.42 Å². The Morgan fingerprint density at radius 2 is 2.08 bits per heavy atom. The molecule has 3 aromatic rings. The number of aromatic nitrogens is 2. The first-order valence-electron chi connectivity index (χ1n) is 7.72. The van der Waals surface area contributed by atoms with Crippen LogP contribution in [-0.2, 0) is 16.6 Å². The lowest BCUT2D eigenvalue weighted by atomic mass is 10.2. The van der Waals surface area contributed by atoms with Crippen LogP contribution in [0.4, 0.5) is 5.69 Å². The van der Waals surface area contributed by atoms with Crippen molar-refractivity contribution in [1.82, 2.24) is 9.78 Å². The fraction of sp³-hybridized carbons (Fsp3) is 0.235. The Hall–Kier alpha value is -2.32. The number of thiophene rings is 1. The van der Waals surface area contributed by atoms with Crippen LogP contribution < -0.4 is 9.46 Å². The van der Waals surface area contributed by atoms with Crippen LogP contribution in [-0.4, -0.2) is 25.3 Å². The maximum absolute atomic E-state index is 12.7. The molecule has 0 aliphatic rings. The van der Waals surface area contributed by atoms with E-state index in [0.717, 1.165) is 23.4 Å². The third-order valence-electron chi connectivity index (χ3n) is 3.75. The Morgan fingerprint density at radius 1 is 1.28 bits per heavy atom. The summed E-state index contributed by atoms with van der Waals surface area (Å²) in [6.07, 6.45) is 1.71. The molecule has 0 saturated heterocycles. The summed E-state index contributed by atoms with van der Waals surface area (Å²) in [4.78, 5) is 0. The molecule has 1 N–H and O–H groups in total. The van der Waals surface area contributed by atoms with E-state index in [4.69, 9.17) is 4.74 Å². The van der Waals surface area contributed by atoms with Crippen LogP contribution in [0.3, 0.4) is 0 Å². The topological polar surface area (TPSA) is 73.2 Å². The van der Waals surface area contributed by atoms with Crippen molar-refractivity contribution in [2.45, 2.75) is 24.6 Å². The van der Waals surface area contributed by atoms with Crippen molar-refractivity contribution in [3.8, 4) is 17.0 Å². The SMILES string of the molecule is CCn1nccc1-c1csc(S(=O)(=O)Nc2cc(C)ccc2OC)c1. The Labute approximate surface area is 151 Å². The van der Waals surface area contributed by atoms with E-state index in [1.807, 2.05) is 36.0 Å². The zero-order valence-electron chi connectivity index (χ0n) is 14.2. The highest BCUT2D eigenvalue weighted by molar-refractivity contribution is 7.94. The van der Waals surface area contributed by atoms with E-state index in [2.05, 4.69) is 9.82 Å². The van der Waals surface area contributed by atoms with Gasteiger partial charge in [0.05, 0.1) is 18.5 Å². The third kappa shape index (κ3) is 3.54. The van der Waals surface area contributed by atoms with Crippen molar-refractivity contribution in [3.05, 3.63) is 47.5 Å². The van der Waals surface area contributed by atoms with Gasteiger partial charge in [0.2, 0.25) is 0 Å². The zero-order valence-corrected chi connectivity index (χ0v) is 15.8. The third-order valence-corrected chi connectivity index (χ3v) is 6.56. The first-order valence-corrected chi connectivity index (χ1v) is 10.1. The molecule has 0 radical (unpaired) electrons. The second-order valence-corrected chi connectivity index (χ2v) is 8.32. The van der Waals surface area contributed by atoms with E-state index in [0.29, 0.717) is 11.4 Å². The predicted molar refractivity (Wildman–Crippen MR) is 99.8 cm³/mol. The molecule has 0 atom stereocenters. The van der Waals surface area contributed by atoms with Crippen molar-refractivity contribution in [3.63, 3.8) is 0 Å². The van der Waals surface area contributed by atoms with Gasteiger partial charge in [0.25, 0.3) is 10.0 Å². The highest BCUT2D eigenvalue weighted by Crippen LogP contribution is 2.32. The molecule has 2 heterocycles. The number of benzene rings is 1. The lowest BCUT2D eigenvalue weighted by Crippen LogP contribution is -2.12. The number of rotatable bonds is 6. The summed E-state index contributed by atoms with van der Waals surface area (Å²) in [5.74, 6) is 0.481. The second kappa shape index (κ2) is 6.89. The van der Waals surface area contributed by atoms with Crippen LogP contribution in [0, 0.1) is 6.92 Å². The fourth-order valence-corrected chi connectivity index (χ4v) is 4.75. The molecule has 0 amide bonds. The molecule has 1 aromatic carbocycles. The summed E-state index contributed by atoms with van der Waals surface area (Å²) in [6.45, 7) is 4.61. The molecule has 0 saturated carbocycles. The van der Waals surface area contributed by atoms with Crippen LogP contribution in [0.15, 0.2) is 46.1 Å². The minimum absolute atomic E-state index is 0.245. The van der Waals surface area contributed by atoms with E-state index < -0.39 is 10.0 Å². The Balaban J connectivity index is 1.93. The Morgan fingerprint density at radius 3 is 2.80 bits per heavy atom. The number of methoxy groups -OCH3 is 1. The minimum atomic E-state index is -3.69. The summed E-state index contributed by atoms with van der Waals surface area (Å²) in [5, 5.41) is 6.05. The number of nitrogens with one attached hydrogen (secondary N) is 1. The lowest BCUT2D eigenvalue weighted by molar-refractivity contribution is 0.417. The van der Waals surface area contributed by atoms with Gasteiger partial charge in [-0.2, -0.15) is 5.10 Å². The minimum Gasteiger partial charge on any atom is -0.495 e. The summed E-state index contributed by atoms with van der Waals surface area (Å²) in [5.41, 5.74) is 3.10. The smallest absolute Gasteiger partial charge is 0.271 e. The van der Waals surface area contributed by atoms with Crippen LogP contribution >= 0.6 is 11.3 Å². The molecule has 2 aromatic heterocycles. The second-order valence-electron chi connectivity index (χ2n) is 5.50. The summed E-state index contributed by atoms with van der Waals surface area (Å²) in [6, 6.07) is 8.90. The molecular formula is C17H19N3O3S2. The molecule has 0 aliphatic heterocycles. The molecule has 6 nitrogen and oxygen atoms in total. The number of nitrogens with zero attached hydrogens (tertiary/aromatic N) is 2. The van der Waals surface area contributed by atoms with Gasteiger partial charge in [-0.15, -0.1) is 11.3 Å².